The normalized spacial score (nSPS) is 17.6. The first-order valence-corrected chi connectivity index (χ1v) is 9.87. The van der Waals surface area contributed by atoms with Crippen molar-refractivity contribution in [1.29, 1.82) is 0 Å². The number of carbonyl (C=O) groups excluding carboxylic acids is 1. The molecule has 0 unspecified atom stereocenters. The Labute approximate surface area is 171 Å². The number of ether oxygens (including phenoxy) is 4. The molecule has 1 saturated heterocycles. The lowest BCUT2D eigenvalue weighted by molar-refractivity contribution is 0.0235. The number of methoxy groups -OCH3 is 3. The number of para-hydroxylation sites is 1. The van der Waals surface area contributed by atoms with Crippen molar-refractivity contribution in [3.8, 4) is 17.2 Å². The molecule has 0 bridgehead atoms. The zero-order chi connectivity index (χ0) is 20.4. The molecule has 0 saturated carbocycles. The van der Waals surface area contributed by atoms with Crippen molar-refractivity contribution in [3.05, 3.63) is 53.1 Å². The summed E-state index contributed by atoms with van der Waals surface area (Å²) >= 11 is 0. The van der Waals surface area contributed by atoms with Crippen molar-refractivity contribution >= 4 is 5.91 Å². The van der Waals surface area contributed by atoms with Crippen molar-refractivity contribution in [3.63, 3.8) is 0 Å². The Balaban J connectivity index is 1.78. The molecule has 1 spiro atoms. The van der Waals surface area contributed by atoms with Crippen LogP contribution in [-0.2, 0) is 16.7 Å². The van der Waals surface area contributed by atoms with Gasteiger partial charge in [0, 0.05) is 31.7 Å². The Morgan fingerprint density at radius 3 is 2.31 bits per heavy atom. The Bertz CT molecular complexity index is 904. The van der Waals surface area contributed by atoms with Crippen LogP contribution in [0.15, 0.2) is 36.4 Å². The summed E-state index contributed by atoms with van der Waals surface area (Å²) in [6, 6.07) is 11.5. The van der Waals surface area contributed by atoms with E-state index in [1.165, 1.54) is 5.56 Å². The fourth-order valence-electron chi connectivity index (χ4n) is 4.58. The zero-order valence-electron chi connectivity index (χ0n) is 17.2. The highest BCUT2D eigenvalue weighted by molar-refractivity contribution is 5.97. The molecule has 1 fully saturated rings. The lowest BCUT2D eigenvalue weighted by Gasteiger charge is -2.46. The van der Waals surface area contributed by atoms with Crippen molar-refractivity contribution in [2.45, 2.75) is 24.8 Å². The highest BCUT2D eigenvalue weighted by atomic mass is 16.5. The third-order valence-electron chi connectivity index (χ3n) is 6.11. The van der Waals surface area contributed by atoms with Crippen LogP contribution in [0.3, 0.4) is 0 Å². The van der Waals surface area contributed by atoms with E-state index < -0.39 is 0 Å². The molecule has 6 nitrogen and oxygen atoms in total. The molecule has 1 amide bonds. The van der Waals surface area contributed by atoms with E-state index in [0.717, 1.165) is 24.2 Å². The lowest BCUT2D eigenvalue weighted by Crippen LogP contribution is -2.50. The molecular formula is C23H27NO5. The maximum absolute atomic E-state index is 13.5. The lowest BCUT2D eigenvalue weighted by atomic mass is 9.69. The van der Waals surface area contributed by atoms with Gasteiger partial charge in [-0.25, -0.2) is 0 Å². The molecule has 2 aliphatic heterocycles. The van der Waals surface area contributed by atoms with E-state index in [1.54, 1.807) is 21.3 Å². The maximum Gasteiger partial charge on any atom is 0.257 e. The molecule has 154 valence electrons. The molecular weight excluding hydrogens is 370 g/mol. The minimum absolute atomic E-state index is 0.0197. The van der Waals surface area contributed by atoms with Gasteiger partial charge in [0.05, 0.1) is 26.9 Å². The monoisotopic (exact) mass is 397 g/mol. The van der Waals surface area contributed by atoms with E-state index in [9.17, 15) is 4.79 Å². The van der Waals surface area contributed by atoms with E-state index in [1.807, 2.05) is 35.2 Å². The van der Waals surface area contributed by atoms with Crippen LogP contribution in [-0.4, -0.2) is 51.9 Å². The first-order valence-electron chi connectivity index (χ1n) is 9.87. The number of hydrogen-bond acceptors (Lipinski definition) is 5. The molecule has 0 aromatic heterocycles. The van der Waals surface area contributed by atoms with Gasteiger partial charge in [-0.1, -0.05) is 12.1 Å². The Morgan fingerprint density at radius 1 is 0.966 bits per heavy atom. The molecule has 4 rings (SSSR count). The van der Waals surface area contributed by atoms with E-state index in [2.05, 4.69) is 6.07 Å². The van der Waals surface area contributed by atoms with Gasteiger partial charge in [-0.3, -0.25) is 4.79 Å². The van der Waals surface area contributed by atoms with Crippen LogP contribution in [0.2, 0.25) is 0 Å². The van der Waals surface area contributed by atoms with Crippen LogP contribution >= 0.6 is 0 Å². The summed E-state index contributed by atoms with van der Waals surface area (Å²) in [4.78, 5) is 15.4. The standard InChI is InChI=1S/C23H27NO5/c1-26-19-7-5-4-6-17(19)22(25)24-14-16-12-20(27-2)21(28-3)13-18(16)23(15-24)8-10-29-11-9-23/h4-7,12-13H,8-11,14-15H2,1-3H3. The predicted octanol–water partition coefficient (Wildman–Crippen LogP) is 3.42. The predicted molar refractivity (Wildman–Crippen MR) is 109 cm³/mol. The van der Waals surface area contributed by atoms with Gasteiger partial charge in [0.1, 0.15) is 5.75 Å². The number of fused-ring (bicyclic) bond motifs is 2. The van der Waals surface area contributed by atoms with Crippen molar-refractivity contribution < 1.29 is 23.7 Å². The van der Waals surface area contributed by atoms with Gasteiger partial charge in [0.25, 0.3) is 5.91 Å². The number of nitrogens with zero attached hydrogens (tertiary/aromatic N) is 1. The fourth-order valence-corrected chi connectivity index (χ4v) is 4.58. The van der Waals surface area contributed by atoms with Gasteiger partial charge in [0.15, 0.2) is 11.5 Å². The van der Waals surface area contributed by atoms with Crippen LogP contribution in [0, 0.1) is 0 Å². The van der Waals surface area contributed by atoms with Crippen LogP contribution in [0.4, 0.5) is 0 Å². The summed E-state index contributed by atoms with van der Waals surface area (Å²) in [5, 5.41) is 0. The number of hydrogen-bond donors (Lipinski definition) is 0. The zero-order valence-corrected chi connectivity index (χ0v) is 17.2. The summed E-state index contributed by atoms with van der Waals surface area (Å²) in [6.45, 7) is 2.54. The van der Waals surface area contributed by atoms with Gasteiger partial charge in [-0.05, 0) is 48.2 Å². The van der Waals surface area contributed by atoms with Crippen molar-refractivity contribution in [2.75, 3.05) is 41.1 Å². The Kier molecular flexibility index (Phi) is 5.37. The minimum Gasteiger partial charge on any atom is -0.496 e. The number of amides is 1. The summed E-state index contributed by atoms with van der Waals surface area (Å²) in [6.07, 6.45) is 1.73. The molecule has 6 heteroatoms. The molecule has 0 N–H and O–H groups in total. The number of carbonyl (C=O) groups is 1. The highest BCUT2D eigenvalue weighted by Gasteiger charge is 2.43. The molecule has 2 heterocycles. The minimum atomic E-state index is -0.150. The maximum atomic E-state index is 13.5. The van der Waals surface area contributed by atoms with Gasteiger partial charge >= 0.3 is 0 Å². The van der Waals surface area contributed by atoms with E-state index in [0.29, 0.717) is 43.4 Å². The van der Waals surface area contributed by atoms with Crippen molar-refractivity contribution in [1.82, 2.24) is 4.90 Å². The molecule has 29 heavy (non-hydrogen) atoms. The van der Waals surface area contributed by atoms with Gasteiger partial charge in [-0.15, -0.1) is 0 Å². The fraction of sp³-hybridized carbons (Fsp3) is 0.435. The average Bonchev–Trinajstić information content (AvgIpc) is 2.78. The van der Waals surface area contributed by atoms with Gasteiger partial charge < -0.3 is 23.8 Å². The second kappa shape index (κ2) is 7.95. The van der Waals surface area contributed by atoms with Gasteiger partial charge in [0.2, 0.25) is 0 Å². The summed E-state index contributed by atoms with van der Waals surface area (Å²) in [5.41, 5.74) is 2.77. The first-order chi connectivity index (χ1) is 14.1. The molecule has 2 aromatic rings. The molecule has 0 aliphatic carbocycles. The topological polar surface area (TPSA) is 57.2 Å². The van der Waals surface area contributed by atoms with Crippen LogP contribution in [0.5, 0.6) is 17.2 Å². The molecule has 2 aliphatic rings. The summed E-state index contributed by atoms with van der Waals surface area (Å²) < 4.78 is 22.2. The second-order valence-corrected chi connectivity index (χ2v) is 7.62. The van der Waals surface area contributed by atoms with Crippen LogP contribution < -0.4 is 14.2 Å². The third-order valence-corrected chi connectivity index (χ3v) is 6.11. The highest BCUT2D eigenvalue weighted by Crippen LogP contribution is 2.45. The van der Waals surface area contributed by atoms with E-state index in [4.69, 9.17) is 18.9 Å². The Morgan fingerprint density at radius 2 is 1.62 bits per heavy atom. The second-order valence-electron chi connectivity index (χ2n) is 7.62. The Hall–Kier alpha value is -2.73. The first kappa shape index (κ1) is 19.6. The van der Waals surface area contributed by atoms with Gasteiger partial charge in [-0.2, -0.15) is 0 Å². The number of rotatable bonds is 4. The van der Waals surface area contributed by atoms with Crippen molar-refractivity contribution in [2.24, 2.45) is 0 Å². The SMILES string of the molecule is COc1cc2c(cc1OC)C1(CCOCC1)CN(C(=O)c1ccccc1OC)C2. The summed E-state index contributed by atoms with van der Waals surface area (Å²) in [5.74, 6) is 1.98. The molecule has 0 radical (unpaired) electrons. The van der Waals surface area contributed by atoms with E-state index in [-0.39, 0.29) is 11.3 Å². The third kappa shape index (κ3) is 3.42. The van der Waals surface area contributed by atoms with Crippen LogP contribution in [0.1, 0.15) is 34.3 Å². The van der Waals surface area contributed by atoms with Crippen LogP contribution in [0.25, 0.3) is 0 Å². The molecule has 0 atom stereocenters. The smallest absolute Gasteiger partial charge is 0.257 e. The van der Waals surface area contributed by atoms with E-state index >= 15 is 0 Å². The quantitative estimate of drug-likeness (QED) is 0.791. The number of benzene rings is 2. The average molecular weight is 397 g/mol. The molecule has 2 aromatic carbocycles. The summed E-state index contributed by atoms with van der Waals surface area (Å²) in [7, 11) is 4.88. The largest absolute Gasteiger partial charge is 0.496 e.